The molecule has 0 amide bonds. The van der Waals surface area contributed by atoms with Crippen LogP contribution in [-0.2, 0) is 23.7 Å². The Balaban J connectivity index is 1.80. The summed E-state index contributed by atoms with van der Waals surface area (Å²) in [6.45, 7) is 9.46. The van der Waals surface area contributed by atoms with Crippen molar-refractivity contribution in [3.05, 3.63) is 75.9 Å². The van der Waals surface area contributed by atoms with Crippen LogP contribution in [0.1, 0.15) is 85.1 Å². The SMILES string of the molecule is CC1(C)CCC(C)(C)c2cc3c(cc21)CCC=C3Cc1ccccc1C(=O)O. The molecule has 2 heteroatoms. The van der Waals surface area contributed by atoms with Crippen LogP contribution in [0, 0.1) is 0 Å². The minimum atomic E-state index is -0.847. The maximum atomic E-state index is 11.6. The van der Waals surface area contributed by atoms with Crippen molar-refractivity contribution in [3.63, 3.8) is 0 Å². The molecule has 0 atom stereocenters. The van der Waals surface area contributed by atoms with Gasteiger partial charge in [-0.2, -0.15) is 0 Å². The van der Waals surface area contributed by atoms with Crippen LogP contribution in [0.15, 0.2) is 42.5 Å². The summed E-state index contributed by atoms with van der Waals surface area (Å²) in [6.07, 6.45) is 7.52. The number of carboxylic acids is 1. The van der Waals surface area contributed by atoms with Crippen LogP contribution in [0.3, 0.4) is 0 Å². The van der Waals surface area contributed by atoms with E-state index in [2.05, 4.69) is 45.9 Å². The van der Waals surface area contributed by atoms with Gasteiger partial charge in [-0.3, -0.25) is 0 Å². The Labute approximate surface area is 168 Å². The lowest BCUT2D eigenvalue weighted by Crippen LogP contribution is -2.34. The molecule has 146 valence electrons. The summed E-state index contributed by atoms with van der Waals surface area (Å²) >= 11 is 0. The zero-order valence-electron chi connectivity index (χ0n) is 17.4. The number of carbonyl (C=O) groups is 1. The molecular weight excluding hydrogens is 344 g/mol. The zero-order chi connectivity index (χ0) is 20.1. The Morgan fingerprint density at radius 2 is 1.64 bits per heavy atom. The van der Waals surface area contributed by atoms with Crippen LogP contribution in [-0.4, -0.2) is 11.1 Å². The van der Waals surface area contributed by atoms with Gasteiger partial charge >= 0.3 is 5.97 Å². The summed E-state index contributed by atoms with van der Waals surface area (Å²) in [4.78, 5) is 11.6. The van der Waals surface area contributed by atoms with Crippen molar-refractivity contribution in [2.45, 2.75) is 70.6 Å². The Kier molecular flexibility index (Phi) is 4.49. The van der Waals surface area contributed by atoms with Crippen molar-refractivity contribution in [1.82, 2.24) is 0 Å². The molecule has 0 aliphatic heterocycles. The molecule has 0 radical (unpaired) electrons. The summed E-state index contributed by atoms with van der Waals surface area (Å²) < 4.78 is 0. The van der Waals surface area contributed by atoms with Crippen LogP contribution in [0.4, 0.5) is 0 Å². The van der Waals surface area contributed by atoms with Gasteiger partial charge in [-0.1, -0.05) is 64.1 Å². The van der Waals surface area contributed by atoms with Gasteiger partial charge in [-0.15, -0.1) is 0 Å². The van der Waals surface area contributed by atoms with E-state index in [9.17, 15) is 9.90 Å². The van der Waals surface area contributed by atoms with Gasteiger partial charge in [0.05, 0.1) is 5.56 Å². The number of fused-ring (bicyclic) bond motifs is 2. The highest BCUT2D eigenvalue weighted by molar-refractivity contribution is 5.90. The average Bonchev–Trinajstić information content (AvgIpc) is 2.65. The third kappa shape index (κ3) is 3.19. The molecule has 2 aliphatic rings. The van der Waals surface area contributed by atoms with E-state index in [1.165, 1.54) is 40.7 Å². The van der Waals surface area contributed by atoms with Crippen molar-refractivity contribution in [2.24, 2.45) is 0 Å². The predicted octanol–water partition coefficient (Wildman–Crippen LogP) is 6.31. The van der Waals surface area contributed by atoms with Crippen LogP contribution in [0.5, 0.6) is 0 Å². The van der Waals surface area contributed by atoms with Crippen molar-refractivity contribution >= 4 is 11.5 Å². The molecule has 1 N–H and O–H groups in total. The highest BCUT2D eigenvalue weighted by Crippen LogP contribution is 2.48. The number of aryl methyl sites for hydroxylation is 1. The molecule has 0 bridgehead atoms. The molecule has 0 aromatic heterocycles. The monoisotopic (exact) mass is 374 g/mol. The van der Waals surface area contributed by atoms with Crippen molar-refractivity contribution in [1.29, 1.82) is 0 Å². The van der Waals surface area contributed by atoms with Gasteiger partial charge in [0.1, 0.15) is 0 Å². The molecule has 0 heterocycles. The van der Waals surface area contributed by atoms with Crippen molar-refractivity contribution < 1.29 is 9.90 Å². The zero-order valence-corrected chi connectivity index (χ0v) is 17.4. The first-order valence-corrected chi connectivity index (χ1v) is 10.4. The van der Waals surface area contributed by atoms with E-state index in [1.807, 2.05) is 12.1 Å². The van der Waals surface area contributed by atoms with Crippen LogP contribution in [0.2, 0.25) is 0 Å². The molecule has 0 spiro atoms. The van der Waals surface area contributed by atoms with E-state index >= 15 is 0 Å². The molecule has 28 heavy (non-hydrogen) atoms. The van der Waals surface area contributed by atoms with E-state index in [-0.39, 0.29) is 10.8 Å². The average molecular weight is 375 g/mol. The van der Waals surface area contributed by atoms with Gasteiger partial charge in [-0.25, -0.2) is 4.79 Å². The Morgan fingerprint density at radius 1 is 1.00 bits per heavy atom. The quantitative estimate of drug-likeness (QED) is 0.684. The lowest BCUT2D eigenvalue weighted by atomic mass is 9.62. The third-order valence-electron chi connectivity index (χ3n) is 6.86. The van der Waals surface area contributed by atoms with E-state index in [0.29, 0.717) is 12.0 Å². The van der Waals surface area contributed by atoms with Crippen molar-refractivity contribution in [2.75, 3.05) is 0 Å². The summed E-state index contributed by atoms with van der Waals surface area (Å²) in [5.74, 6) is -0.847. The lowest BCUT2D eigenvalue weighted by Gasteiger charge is -2.43. The molecule has 4 rings (SSSR count). The van der Waals surface area contributed by atoms with E-state index in [0.717, 1.165) is 18.4 Å². The second-order valence-electron chi connectivity index (χ2n) is 9.73. The molecular formula is C26H30O2. The van der Waals surface area contributed by atoms with Gasteiger partial charge in [0.15, 0.2) is 0 Å². The fourth-order valence-electron chi connectivity index (χ4n) is 4.93. The smallest absolute Gasteiger partial charge is 0.335 e. The first-order valence-electron chi connectivity index (χ1n) is 10.4. The predicted molar refractivity (Wildman–Crippen MR) is 115 cm³/mol. The molecule has 2 nitrogen and oxygen atoms in total. The number of allylic oxidation sites excluding steroid dienone is 2. The Hall–Kier alpha value is -2.35. The number of hydrogen-bond donors (Lipinski definition) is 1. The van der Waals surface area contributed by atoms with E-state index < -0.39 is 5.97 Å². The third-order valence-corrected chi connectivity index (χ3v) is 6.86. The van der Waals surface area contributed by atoms with Gasteiger partial charge in [0, 0.05) is 0 Å². The van der Waals surface area contributed by atoms with Crippen LogP contribution >= 0.6 is 0 Å². The largest absolute Gasteiger partial charge is 0.478 e. The minimum Gasteiger partial charge on any atom is -0.478 e. The summed E-state index contributed by atoms with van der Waals surface area (Å²) in [7, 11) is 0. The topological polar surface area (TPSA) is 37.3 Å². The van der Waals surface area contributed by atoms with Gasteiger partial charge in [0.2, 0.25) is 0 Å². The maximum Gasteiger partial charge on any atom is 0.335 e. The molecule has 0 saturated carbocycles. The fourth-order valence-corrected chi connectivity index (χ4v) is 4.93. The first kappa shape index (κ1) is 19.0. The molecule has 0 fully saturated rings. The van der Waals surface area contributed by atoms with Crippen LogP contribution in [0.25, 0.3) is 5.57 Å². The number of benzene rings is 2. The summed E-state index contributed by atoms with van der Waals surface area (Å²) in [5, 5.41) is 9.56. The van der Waals surface area contributed by atoms with E-state index in [1.54, 1.807) is 12.1 Å². The fraction of sp³-hybridized carbons (Fsp3) is 0.423. The number of carboxylic acid groups (broad SMARTS) is 1. The summed E-state index contributed by atoms with van der Waals surface area (Å²) in [6, 6.07) is 12.3. The van der Waals surface area contributed by atoms with E-state index in [4.69, 9.17) is 0 Å². The number of aromatic carboxylic acids is 1. The first-order chi connectivity index (χ1) is 13.2. The van der Waals surface area contributed by atoms with Gasteiger partial charge < -0.3 is 5.11 Å². The second-order valence-corrected chi connectivity index (χ2v) is 9.73. The molecule has 0 unspecified atom stereocenters. The molecule has 0 saturated heterocycles. The minimum absolute atomic E-state index is 0.182. The van der Waals surface area contributed by atoms with Gasteiger partial charge in [-0.05, 0) is 82.4 Å². The van der Waals surface area contributed by atoms with Gasteiger partial charge in [0.25, 0.3) is 0 Å². The summed E-state index contributed by atoms with van der Waals surface area (Å²) in [5.41, 5.74) is 8.72. The normalized spacial score (nSPS) is 19.4. The van der Waals surface area contributed by atoms with Crippen molar-refractivity contribution in [3.8, 4) is 0 Å². The molecule has 2 aromatic carbocycles. The lowest BCUT2D eigenvalue weighted by molar-refractivity contribution is 0.0696. The number of hydrogen-bond acceptors (Lipinski definition) is 1. The van der Waals surface area contributed by atoms with Crippen LogP contribution < -0.4 is 0 Å². The number of rotatable bonds is 3. The highest BCUT2D eigenvalue weighted by Gasteiger charge is 2.38. The maximum absolute atomic E-state index is 11.6. The Morgan fingerprint density at radius 3 is 2.32 bits per heavy atom. The molecule has 2 aromatic rings. The second kappa shape index (κ2) is 6.62. The Bertz CT molecular complexity index is 976. The standard InChI is InChI=1S/C26H30O2/c1-25(2)12-13-26(3,4)23-16-21-18(9-7-10-19(21)15-22(23)25)14-17-8-5-6-11-20(17)24(27)28/h5-6,8-9,11,15-16H,7,10,12-14H2,1-4H3,(H,27,28). The highest BCUT2D eigenvalue weighted by atomic mass is 16.4. The molecule has 2 aliphatic carbocycles.